The Balaban J connectivity index is 1.59. The number of carbonyl (C=O) groups excluding carboxylic acids is 2. The van der Waals surface area contributed by atoms with Crippen LogP contribution in [0.1, 0.15) is 27.3 Å². The van der Waals surface area contributed by atoms with Gasteiger partial charge in [-0.15, -0.1) is 0 Å². The molecule has 152 valence electrons. The van der Waals surface area contributed by atoms with Gasteiger partial charge < -0.3 is 9.30 Å². The van der Waals surface area contributed by atoms with Gasteiger partial charge in [-0.1, -0.05) is 15.9 Å². The summed E-state index contributed by atoms with van der Waals surface area (Å²) in [5.74, 6) is -0.471. The Hall–Kier alpha value is -3.57. The molecule has 8 heteroatoms. The highest BCUT2D eigenvalue weighted by molar-refractivity contribution is 9.10. The van der Waals surface area contributed by atoms with E-state index in [-0.39, 0.29) is 6.61 Å². The highest BCUT2D eigenvalue weighted by atomic mass is 79.9. The molecule has 2 N–H and O–H groups in total. The van der Waals surface area contributed by atoms with Crippen molar-refractivity contribution in [3.05, 3.63) is 81.6 Å². The summed E-state index contributed by atoms with van der Waals surface area (Å²) < 4.78 is 8.28. The van der Waals surface area contributed by atoms with Crippen molar-refractivity contribution in [3.63, 3.8) is 0 Å². The van der Waals surface area contributed by atoms with Gasteiger partial charge in [-0.2, -0.15) is 5.26 Å². The summed E-state index contributed by atoms with van der Waals surface area (Å²) in [7, 11) is 0. The number of aryl methyl sites for hydroxylation is 1. The van der Waals surface area contributed by atoms with Crippen molar-refractivity contribution in [1.29, 1.82) is 5.26 Å². The fourth-order valence-electron chi connectivity index (χ4n) is 2.98. The first-order chi connectivity index (χ1) is 14.4. The molecule has 7 nitrogen and oxygen atoms in total. The average molecular weight is 467 g/mol. The second-order valence-electron chi connectivity index (χ2n) is 6.52. The molecule has 0 saturated heterocycles. The Morgan fingerprint density at radius 2 is 1.73 bits per heavy atom. The number of ether oxygens (including phenoxy) is 1. The molecule has 0 saturated carbocycles. The molecule has 0 spiro atoms. The van der Waals surface area contributed by atoms with Gasteiger partial charge in [-0.25, -0.2) is 0 Å². The third kappa shape index (κ3) is 4.88. The average Bonchev–Trinajstić information content (AvgIpc) is 3.05. The van der Waals surface area contributed by atoms with Crippen LogP contribution in [-0.4, -0.2) is 23.0 Å². The predicted octanol–water partition coefficient (Wildman–Crippen LogP) is 3.57. The van der Waals surface area contributed by atoms with Gasteiger partial charge in [0, 0.05) is 21.5 Å². The molecule has 0 atom stereocenters. The lowest BCUT2D eigenvalue weighted by Crippen LogP contribution is -2.44. The zero-order valence-corrected chi connectivity index (χ0v) is 18.0. The number of hydrogen-bond acceptors (Lipinski definition) is 4. The normalized spacial score (nSPS) is 10.2. The number of benzene rings is 2. The maximum absolute atomic E-state index is 12.5. The molecule has 2 amide bonds. The van der Waals surface area contributed by atoms with Gasteiger partial charge >= 0.3 is 0 Å². The zero-order chi connectivity index (χ0) is 21.7. The number of amides is 2. The predicted molar refractivity (Wildman–Crippen MR) is 115 cm³/mol. The second kappa shape index (κ2) is 9.29. The summed E-state index contributed by atoms with van der Waals surface area (Å²) in [6.07, 6.45) is 0. The topological polar surface area (TPSA) is 96.2 Å². The third-order valence-electron chi connectivity index (χ3n) is 4.43. The van der Waals surface area contributed by atoms with E-state index in [0.717, 1.165) is 21.5 Å². The Morgan fingerprint density at radius 3 is 2.37 bits per heavy atom. The minimum absolute atomic E-state index is 0.274. The van der Waals surface area contributed by atoms with Gasteiger partial charge in [0.25, 0.3) is 11.8 Å². The number of carbonyl (C=O) groups is 2. The first-order valence-corrected chi connectivity index (χ1v) is 9.85. The minimum atomic E-state index is -0.505. The first kappa shape index (κ1) is 21.1. The number of rotatable bonds is 5. The fraction of sp³-hybridized carbons (Fsp3) is 0.136. The molecule has 0 aliphatic carbocycles. The van der Waals surface area contributed by atoms with Crippen LogP contribution in [0.4, 0.5) is 0 Å². The van der Waals surface area contributed by atoms with Crippen molar-refractivity contribution in [2.24, 2.45) is 0 Å². The van der Waals surface area contributed by atoms with Crippen molar-refractivity contribution in [1.82, 2.24) is 15.4 Å². The van der Waals surface area contributed by atoms with E-state index in [0.29, 0.717) is 16.9 Å². The molecule has 1 heterocycles. The molecule has 0 aliphatic heterocycles. The summed E-state index contributed by atoms with van der Waals surface area (Å²) in [5.41, 5.74) is 8.32. The number of hydrazine groups is 1. The molecule has 3 rings (SSSR count). The fourth-order valence-corrected chi connectivity index (χ4v) is 3.25. The molecule has 2 aromatic carbocycles. The number of hydrogen-bond donors (Lipinski definition) is 2. The quantitative estimate of drug-likeness (QED) is 0.561. The van der Waals surface area contributed by atoms with E-state index in [9.17, 15) is 9.59 Å². The van der Waals surface area contributed by atoms with Gasteiger partial charge in [0.15, 0.2) is 6.61 Å². The van der Waals surface area contributed by atoms with Crippen LogP contribution in [-0.2, 0) is 4.79 Å². The van der Waals surface area contributed by atoms with Crippen LogP contribution in [0.5, 0.6) is 5.75 Å². The lowest BCUT2D eigenvalue weighted by Gasteiger charge is -2.11. The van der Waals surface area contributed by atoms with Crippen LogP contribution in [0.15, 0.2) is 59.1 Å². The monoisotopic (exact) mass is 466 g/mol. The molecular formula is C22H19BrN4O3. The Kier molecular flexibility index (Phi) is 6.54. The Morgan fingerprint density at radius 1 is 1.07 bits per heavy atom. The van der Waals surface area contributed by atoms with Gasteiger partial charge in [-0.3, -0.25) is 20.4 Å². The molecule has 0 aliphatic rings. The van der Waals surface area contributed by atoms with E-state index < -0.39 is 11.8 Å². The number of nitriles is 1. The molecule has 0 fully saturated rings. The molecular weight excluding hydrogens is 448 g/mol. The zero-order valence-electron chi connectivity index (χ0n) is 16.4. The largest absolute Gasteiger partial charge is 0.484 e. The van der Waals surface area contributed by atoms with E-state index in [1.54, 1.807) is 30.3 Å². The van der Waals surface area contributed by atoms with Crippen LogP contribution in [0, 0.1) is 25.2 Å². The van der Waals surface area contributed by atoms with Crippen LogP contribution in [0.3, 0.4) is 0 Å². The lowest BCUT2D eigenvalue weighted by molar-refractivity contribution is -0.123. The highest BCUT2D eigenvalue weighted by Gasteiger charge is 2.17. The minimum Gasteiger partial charge on any atom is -0.484 e. The number of nitrogens with one attached hydrogen (secondary N) is 2. The maximum Gasteiger partial charge on any atom is 0.276 e. The lowest BCUT2D eigenvalue weighted by atomic mass is 10.2. The highest BCUT2D eigenvalue weighted by Crippen LogP contribution is 2.22. The first-order valence-electron chi connectivity index (χ1n) is 9.06. The molecule has 3 aromatic rings. The third-order valence-corrected chi connectivity index (χ3v) is 4.96. The van der Waals surface area contributed by atoms with E-state index in [4.69, 9.17) is 10.00 Å². The number of halogens is 1. The van der Waals surface area contributed by atoms with E-state index in [1.165, 1.54) is 0 Å². The molecule has 0 unspecified atom stereocenters. The number of aromatic nitrogens is 1. The van der Waals surface area contributed by atoms with Crippen LogP contribution in [0.2, 0.25) is 0 Å². The van der Waals surface area contributed by atoms with Gasteiger partial charge in [0.1, 0.15) is 5.75 Å². The van der Waals surface area contributed by atoms with Gasteiger partial charge in [-0.05, 0) is 68.4 Å². The Bertz CT molecular complexity index is 1110. The van der Waals surface area contributed by atoms with Crippen molar-refractivity contribution >= 4 is 27.7 Å². The summed E-state index contributed by atoms with van der Waals surface area (Å²) in [4.78, 5) is 24.5. The summed E-state index contributed by atoms with van der Waals surface area (Å²) >= 11 is 3.41. The van der Waals surface area contributed by atoms with Crippen LogP contribution >= 0.6 is 15.9 Å². The van der Waals surface area contributed by atoms with E-state index >= 15 is 0 Å². The molecule has 30 heavy (non-hydrogen) atoms. The molecule has 1 aromatic heterocycles. The maximum atomic E-state index is 12.5. The summed E-state index contributed by atoms with van der Waals surface area (Å²) in [5, 5.41) is 8.78. The standard InChI is InChI=1S/C22H19BrN4O3/c1-14-11-20(15(2)27(14)18-7-5-17(23)6-8-18)22(29)26-25-21(28)13-30-19-9-3-16(12-24)4-10-19/h3-11H,13H2,1-2H3,(H,25,28)(H,26,29). The summed E-state index contributed by atoms with van der Waals surface area (Å²) in [6.45, 7) is 3.49. The van der Waals surface area contributed by atoms with Crippen molar-refractivity contribution < 1.29 is 14.3 Å². The van der Waals surface area contributed by atoms with Crippen LogP contribution < -0.4 is 15.6 Å². The van der Waals surface area contributed by atoms with Crippen molar-refractivity contribution in [2.75, 3.05) is 6.61 Å². The van der Waals surface area contributed by atoms with Gasteiger partial charge in [0.05, 0.1) is 17.2 Å². The molecule has 0 bridgehead atoms. The van der Waals surface area contributed by atoms with E-state index in [2.05, 4.69) is 26.8 Å². The second-order valence-corrected chi connectivity index (χ2v) is 7.44. The summed E-state index contributed by atoms with van der Waals surface area (Å²) in [6, 6.07) is 17.9. The van der Waals surface area contributed by atoms with E-state index in [1.807, 2.05) is 48.7 Å². The Labute approximate surface area is 182 Å². The SMILES string of the molecule is Cc1cc(C(=O)NNC(=O)COc2ccc(C#N)cc2)c(C)n1-c1ccc(Br)cc1. The van der Waals surface area contributed by atoms with Crippen molar-refractivity contribution in [2.45, 2.75) is 13.8 Å². The van der Waals surface area contributed by atoms with Crippen molar-refractivity contribution in [3.8, 4) is 17.5 Å². The van der Waals surface area contributed by atoms with Gasteiger partial charge in [0.2, 0.25) is 0 Å². The molecule has 0 radical (unpaired) electrons. The smallest absolute Gasteiger partial charge is 0.276 e. The number of nitrogens with zero attached hydrogens (tertiary/aromatic N) is 2. The van der Waals surface area contributed by atoms with Crippen LogP contribution in [0.25, 0.3) is 5.69 Å².